The highest BCUT2D eigenvalue weighted by atomic mass is 16.5. The number of rotatable bonds is 7. The monoisotopic (exact) mass is 191 g/mol. The van der Waals surface area contributed by atoms with Crippen molar-refractivity contribution in [2.45, 2.75) is 39.1 Å². The van der Waals surface area contributed by atoms with Crippen molar-refractivity contribution in [1.29, 1.82) is 0 Å². The molecule has 0 saturated carbocycles. The van der Waals surface area contributed by atoms with E-state index in [-0.39, 0.29) is 12.2 Å². The van der Waals surface area contributed by atoms with Crippen LogP contribution in [0.5, 0.6) is 0 Å². The Kier molecular flexibility index (Phi) is 7.17. The van der Waals surface area contributed by atoms with Crippen LogP contribution in [0.15, 0.2) is 0 Å². The van der Waals surface area contributed by atoms with Crippen molar-refractivity contribution >= 4 is 0 Å². The van der Waals surface area contributed by atoms with Crippen LogP contribution in [0, 0.1) is 0 Å². The zero-order valence-electron chi connectivity index (χ0n) is 8.66. The summed E-state index contributed by atoms with van der Waals surface area (Å²) in [6.45, 7) is 6.84. The third kappa shape index (κ3) is 9.76. The first-order chi connectivity index (χ1) is 6.02. The number of hydrogen-bond donors (Lipinski definition) is 3. The van der Waals surface area contributed by atoms with Crippen molar-refractivity contribution in [3.63, 3.8) is 0 Å². The molecule has 2 atom stereocenters. The molecule has 0 heterocycles. The Bertz CT molecular complexity index is 117. The summed E-state index contributed by atoms with van der Waals surface area (Å²) in [6.07, 6.45) is -0.731. The zero-order valence-corrected chi connectivity index (χ0v) is 8.66. The van der Waals surface area contributed by atoms with Crippen LogP contribution in [-0.2, 0) is 4.74 Å². The van der Waals surface area contributed by atoms with E-state index in [9.17, 15) is 5.11 Å². The van der Waals surface area contributed by atoms with E-state index in [1.165, 1.54) is 0 Å². The van der Waals surface area contributed by atoms with Crippen LogP contribution in [0.1, 0.15) is 20.8 Å². The lowest BCUT2D eigenvalue weighted by Crippen LogP contribution is -2.34. The number of aliphatic hydroxyl groups excluding tert-OH is 2. The van der Waals surface area contributed by atoms with E-state index < -0.39 is 6.10 Å². The van der Waals surface area contributed by atoms with Gasteiger partial charge in [-0.3, -0.25) is 0 Å². The molecule has 4 nitrogen and oxygen atoms in total. The number of hydrogen-bond acceptors (Lipinski definition) is 4. The molecular weight excluding hydrogens is 170 g/mol. The molecule has 0 aromatic heterocycles. The molecule has 0 aliphatic heterocycles. The maximum absolute atomic E-state index is 9.34. The highest BCUT2D eigenvalue weighted by Gasteiger charge is 2.05. The Morgan fingerprint density at radius 3 is 2.23 bits per heavy atom. The van der Waals surface area contributed by atoms with Gasteiger partial charge < -0.3 is 20.3 Å². The molecule has 0 aliphatic rings. The molecule has 0 aromatic rings. The molecule has 80 valence electrons. The molecule has 3 N–H and O–H groups in total. The SMILES string of the molecule is CC(O)CNCC(O)COC(C)C. The molecule has 0 spiro atoms. The van der Waals surface area contributed by atoms with Gasteiger partial charge in [-0.05, 0) is 20.8 Å². The fraction of sp³-hybridized carbons (Fsp3) is 1.00. The van der Waals surface area contributed by atoms with Gasteiger partial charge in [-0.15, -0.1) is 0 Å². The van der Waals surface area contributed by atoms with Gasteiger partial charge in [0.05, 0.1) is 24.9 Å². The maximum Gasteiger partial charge on any atom is 0.0897 e. The lowest BCUT2D eigenvalue weighted by molar-refractivity contribution is 0.00558. The van der Waals surface area contributed by atoms with Crippen molar-refractivity contribution in [3.8, 4) is 0 Å². The van der Waals surface area contributed by atoms with E-state index in [2.05, 4.69) is 5.32 Å². The Labute approximate surface area is 79.9 Å². The quantitative estimate of drug-likeness (QED) is 0.519. The average Bonchev–Trinajstić information content (AvgIpc) is 2.00. The molecule has 0 aliphatic carbocycles. The minimum atomic E-state index is -0.499. The molecule has 0 bridgehead atoms. The lowest BCUT2D eigenvalue weighted by atomic mass is 10.3. The normalized spacial score (nSPS) is 16.2. The predicted molar refractivity (Wildman–Crippen MR) is 51.6 cm³/mol. The van der Waals surface area contributed by atoms with Gasteiger partial charge in [0.25, 0.3) is 0 Å². The van der Waals surface area contributed by atoms with Crippen LogP contribution in [0.25, 0.3) is 0 Å². The second-order valence-electron chi connectivity index (χ2n) is 3.54. The van der Waals surface area contributed by atoms with Crippen LogP contribution in [0.3, 0.4) is 0 Å². The van der Waals surface area contributed by atoms with Gasteiger partial charge in [0.1, 0.15) is 0 Å². The van der Waals surface area contributed by atoms with Gasteiger partial charge in [0.2, 0.25) is 0 Å². The van der Waals surface area contributed by atoms with Gasteiger partial charge in [-0.25, -0.2) is 0 Å². The van der Waals surface area contributed by atoms with E-state index >= 15 is 0 Å². The first-order valence-electron chi connectivity index (χ1n) is 4.70. The van der Waals surface area contributed by atoms with Crippen LogP contribution in [-0.4, -0.2) is 48.2 Å². The minimum Gasteiger partial charge on any atom is -0.392 e. The minimum absolute atomic E-state index is 0.145. The summed E-state index contributed by atoms with van der Waals surface area (Å²) in [7, 11) is 0. The molecule has 0 rings (SSSR count). The van der Waals surface area contributed by atoms with Gasteiger partial charge in [0, 0.05) is 13.1 Å². The second kappa shape index (κ2) is 7.26. The fourth-order valence-corrected chi connectivity index (χ4v) is 0.821. The predicted octanol–water partition coefficient (Wildman–Crippen LogP) is -0.257. The summed E-state index contributed by atoms with van der Waals surface area (Å²) in [5, 5.41) is 21.2. The Morgan fingerprint density at radius 2 is 1.77 bits per heavy atom. The Balaban J connectivity index is 3.25. The van der Waals surface area contributed by atoms with Gasteiger partial charge in [0.15, 0.2) is 0 Å². The third-order valence-electron chi connectivity index (χ3n) is 1.44. The van der Waals surface area contributed by atoms with E-state index in [1.807, 2.05) is 13.8 Å². The highest BCUT2D eigenvalue weighted by molar-refractivity contribution is 4.60. The fourth-order valence-electron chi connectivity index (χ4n) is 0.821. The van der Waals surface area contributed by atoms with E-state index in [1.54, 1.807) is 6.92 Å². The van der Waals surface area contributed by atoms with Crippen molar-refractivity contribution in [2.75, 3.05) is 19.7 Å². The van der Waals surface area contributed by atoms with Crippen molar-refractivity contribution in [3.05, 3.63) is 0 Å². The lowest BCUT2D eigenvalue weighted by Gasteiger charge is -2.14. The summed E-state index contributed by atoms with van der Waals surface area (Å²) in [4.78, 5) is 0. The molecule has 4 heteroatoms. The third-order valence-corrected chi connectivity index (χ3v) is 1.44. The summed E-state index contributed by atoms with van der Waals surface area (Å²) >= 11 is 0. The van der Waals surface area contributed by atoms with Crippen molar-refractivity contribution in [2.24, 2.45) is 0 Å². The summed E-state index contributed by atoms with van der Waals surface area (Å²) in [5.41, 5.74) is 0. The Hall–Kier alpha value is -0.160. The summed E-state index contributed by atoms with van der Waals surface area (Å²) in [6, 6.07) is 0. The largest absolute Gasteiger partial charge is 0.392 e. The number of ether oxygens (including phenoxy) is 1. The number of nitrogens with one attached hydrogen (secondary N) is 1. The van der Waals surface area contributed by atoms with Gasteiger partial charge in [-0.2, -0.15) is 0 Å². The molecule has 0 radical (unpaired) electrons. The molecule has 13 heavy (non-hydrogen) atoms. The standard InChI is InChI=1S/C9H21NO3/c1-7(2)13-6-9(12)5-10-4-8(3)11/h7-12H,4-6H2,1-3H3. The van der Waals surface area contributed by atoms with Crippen LogP contribution < -0.4 is 5.32 Å². The molecule has 0 fully saturated rings. The van der Waals surface area contributed by atoms with E-state index in [0.717, 1.165) is 0 Å². The van der Waals surface area contributed by atoms with E-state index in [0.29, 0.717) is 19.7 Å². The Morgan fingerprint density at radius 1 is 1.15 bits per heavy atom. The topological polar surface area (TPSA) is 61.7 Å². The van der Waals surface area contributed by atoms with Crippen LogP contribution in [0.2, 0.25) is 0 Å². The second-order valence-corrected chi connectivity index (χ2v) is 3.54. The smallest absolute Gasteiger partial charge is 0.0897 e. The first kappa shape index (κ1) is 12.8. The summed E-state index contributed by atoms with van der Waals surface area (Å²) < 4.78 is 5.21. The van der Waals surface area contributed by atoms with Gasteiger partial charge in [-0.1, -0.05) is 0 Å². The van der Waals surface area contributed by atoms with E-state index in [4.69, 9.17) is 9.84 Å². The molecule has 0 saturated heterocycles. The number of aliphatic hydroxyl groups is 2. The maximum atomic E-state index is 9.34. The van der Waals surface area contributed by atoms with Crippen LogP contribution in [0.4, 0.5) is 0 Å². The highest BCUT2D eigenvalue weighted by Crippen LogP contribution is 1.90. The molecular formula is C9H21NO3. The summed E-state index contributed by atoms with van der Waals surface area (Å²) in [5.74, 6) is 0. The van der Waals surface area contributed by atoms with Crippen LogP contribution >= 0.6 is 0 Å². The molecule has 0 amide bonds. The average molecular weight is 191 g/mol. The molecule has 0 aromatic carbocycles. The zero-order chi connectivity index (χ0) is 10.3. The van der Waals surface area contributed by atoms with Gasteiger partial charge >= 0.3 is 0 Å². The molecule has 2 unspecified atom stereocenters. The van der Waals surface area contributed by atoms with Crippen molar-refractivity contribution in [1.82, 2.24) is 5.32 Å². The van der Waals surface area contributed by atoms with Crippen molar-refractivity contribution < 1.29 is 14.9 Å². The first-order valence-corrected chi connectivity index (χ1v) is 4.70.